The number of pyridine rings is 2. The summed E-state index contributed by atoms with van der Waals surface area (Å²) in [5, 5.41) is 9.90. The van der Waals surface area contributed by atoms with Gasteiger partial charge in [-0.2, -0.15) is 0 Å². The molecule has 1 N–H and O–H groups in total. The van der Waals surface area contributed by atoms with Gasteiger partial charge in [-0.3, -0.25) is 4.79 Å². The second-order valence-corrected chi connectivity index (χ2v) is 7.17. The number of anilines is 1. The topological polar surface area (TPSA) is 75.5 Å². The molecule has 1 saturated heterocycles. The fourth-order valence-electron chi connectivity index (χ4n) is 3.62. The predicted octanol–water partition coefficient (Wildman–Crippen LogP) is 3.41. The molecule has 0 spiro atoms. The summed E-state index contributed by atoms with van der Waals surface area (Å²) in [5.41, 5.74) is 4.60. The van der Waals surface area contributed by atoms with E-state index in [4.69, 9.17) is 4.74 Å². The van der Waals surface area contributed by atoms with Gasteiger partial charge in [0.2, 0.25) is 5.88 Å². The number of benzene rings is 1. The molecule has 4 rings (SSSR count). The molecule has 3 aromatic rings. The van der Waals surface area contributed by atoms with Crippen molar-refractivity contribution in [2.75, 3.05) is 18.0 Å². The zero-order chi connectivity index (χ0) is 20.2. The number of nitrogens with zero attached hydrogens (tertiary/aromatic N) is 3. The molecule has 1 unspecified atom stereocenters. The minimum absolute atomic E-state index is 0.0345. The maximum absolute atomic E-state index is 11.3. The van der Waals surface area contributed by atoms with Crippen molar-refractivity contribution in [3.05, 3.63) is 71.5 Å². The lowest BCUT2D eigenvalue weighted by molar-refractivity contribution is 0.112. The van der Waals surface area contributed by atoms with Gasteiger partial charge in [-0.25, -0.2) is 9.97 Å². The summed E-state index contributed by atoms with van der Waals surface area (Å²) in [6.07, 6.45) is 3.53. The molecular weight excluding hydrogens is 366 g/mol. The van der Waals surface area contributed by atoms with Crippen LogP contribution >= 0.6 is 0 Å². The summed E-state index contributed by atoms with van der Waals surface area (Å²) in [6, 6.07) is 15.0. The van der Waals surface area contributed by atoms with E-state index in [9.17, 15) is 9.90 Å². The first kappa shape index (κ1) is 19.1. The van der Waals surface area contributed by atoms with E-state index < -0.39 is 0 Å². The molecule has 1 fully saturated rings. The van der Waals surface area contributed by atoms with Gasteiger partial charge < -0.3 is 14.7 Å². The fourth-order valence-corrected chi connectivity index (χ4v) is 3.62. The lowest BCUT2D eigenvalue weighted by Gasteiger charge is -2.21. The minimum atomic E-state index is -0.173. The first-order valence-electron chi connectivity index (χ1n) is 9.67. The number of aryl methyl sites for hydroxylation is 1. The molecule has 1 aliphatic heterocycles. The molecule has 1 aliphatic rings. The van der Waals surface area contributed by atoms with E-state index in [1.54, 1.807) is 12.3 Å². The minimum Gasteiger partial charge on any atom is -0.472 e. The van der Waals surface area contributed by atoms with Crippen molar-refractivity contribution in [2.24, 2.45) is 0 Å². The van der Waals surface area contributed by atoms with Gasteiger partial charge in [0.05, 0.1) is 30.2 Å². The smallest absolute Gasteiger partial charge is 0.213 e. The summed E-state index contributed by atoms with van der Waals surface area (Å²) < 4.78 is 6.00. The molecule has 0 saturated carbocycles. The Hall–Kier alpha value is -3.25. The average molecular weight is 389 g/mol. The third-order valence-electron chi connectivity index (χ3n) is 5.12. The SMILES string of the molecule is Cc1ccc(OC2CCN(c3ccc(-c4ccccc4C=O)nc3CO)C2)nc1. The summed E-state index contributed by atoms with van der Waals surface area (Å²) in [4.78, 5) is 22.4. The number of aromatic nitrogens is 2. The molecule has 0 radical (unpaired) electrons. The number of hydrogen-bond acceptors (Lipinski definition) is 6. The van der Waals surface area contributed by atoms with Crippen molar-refractivity contribution in [1.29, 1.82) is 0 Å². The van der Waals surface area contributed by atoms with E-state index in [1.807, 2.05) is 49.4 Å². The summed E-state index contributed by atoms with van der Waals surface area (Å²) >= 11 is 0. The first-order valence-corrected chi connectivity index (χ1v) is 9.67. The Morgan fingerprint density at radius 1 is 1.21 bits per heavy atom. The average Bonchev–Trinajstić information content (AvgIpc) is 3.23. The number of carbonyl (C=O) groups is 1. The van der Waals surface area contributed by atoms with Crippen LogP contribution < -0.4 is 9.64 Å². The third kappa shape index (κ3) is 4.12. The number of rotatable bonds is 6. The zero-order valence-corrected chi connectivity index (χ0v) is 16.3. The summed E-state index contributed by atoms with van der Waals surface area (Å²) in [5.74, 6) is 0.628. The maximum Gasteiger partial charge on any atom is 0.213 e. The highest BCUT2D eigenvalue weighted by molar-refractivity contribution is 5.86. The van der Waals surface area contributed by atoms with Gasteiger partial charge in [-0.1, -0.05) is 30.3 Å². The number of aliphatic hydroxyl groups excluding tert-OH is 1. The molecule has 1 aromatic carbocycles. The Labute approximate surface area is 169 Å². The van der Waals surface area contributed by atoms with Crippen LogP contribution in [0.5, 0.6) is 5.88 Å². The van der Waals surface area contributed by atoms with Gasteiger partial charge in [-0.05, 0) is 24.6 Å². The molecule has 6 nitrogen and oxygen atoms in total. The van der Waals surface area contributed by atoms with Crippen molar-refractivity contribution >= 4 is 12.0 Å². The molecule has 2 aromatic heterocycles. The normalized spacial score (nSPS) is 16.1. The lowest BCUT2D eigenvalue weighted by atomic mass is 10.0. The zero-order valence-electron chi connectivity index (χ0n) is 16.3. The highest BCUT2D eigenvalue weighted by Crippen LogP contribution is 2.29. The van der Waals surface area contributed by atoms with E-state index in [0.717, 1.165) is 36.1 Å². The lowest BCUT2D eigenvalue weighted by Crippen LogP contribution is -2.26. The Balaban J connectivity index is 1.53. The molecule has 29 heavy (non-hydrogen) atoms. The Morgan fingerprint density at radius 2 is 2.07 bits per heavy atom. The first-order chi connectivity index (χ1) is 14.2. The Kier molecular flexibility index (Phi) is 5.53. The molecule has 1 atom stereocenters. The van der Waals surface area contributed by atoms with E-state index in [0.29, 0.717) is 29.4 Å². The van der Waals surface area contributed by atoms with Gasteiger partial charge in [-0.15, -0.1) is 0 Å². The van der Waals surface area contributed by atoms with E-state index in [1.165, 1.54) is 0 Å². The van der Waals surface area contributed by atoms with Crippen molar-refractivity contribution in [1.82, 2.24) is 9.97 Å². The van der Waals surface area contributed by atoms with Crippen molar-refractivity contribution < 1.29 is 14.6 Å². The van der Waals surface area contributed by atoms with Gasteiger partial charge in [0.25, 0.3) is 0 Å². The molecule has 6 heteroatoms. The monoisotopic (exact) mass is 389 g/mol. The highest BCUT2D eigenvalue weighted by Gasteiger charge is 2.26. The van der Waals surface area contributed by atoms with E-state index in [-0.39, 0.29) is 12.7 Å². The fraction of sp³-hybridized carbons (Fsp3) is 0.261. The second kappa shape index (κ2) is 8.41. The third-order valence-corrected chi connectivity index (χ3v) is 5.12. The van der Waals surface area contributed by atoms with E-state index >= 15 is 0 Å². The number of carbonyl (C=O) groups excluding carboxylic acids is 1. The van der Waals surface area contributed by atoms with Crippen LogP contribution in [0.2, 0.25) is 0 Å². The van der Waals surface area contributed by atoms with Gasteiger partial charge in [0.1, 0.15) is 6.10 Å². The van der Waals surface area contributed by atoms with Crippen LogP contribution in [0.1, 0.15) is 28.0 Å². The number of hydrogen-bond donors (Lipinski definition) is 1. The Bertz CT molecular complexity index is 1000. The highest BCUT2D eigenvalue weighted by atomic mass is 16.5. The van der Waals surface area contributed by atoms with Gasteiger partial charge >= 0.3 is 0 Å². The predicted molar refractivity (Wildman–Crippen MR) is 111 cm³/mol. The van der Waals surface area contributed by atoms with Crippen LogP contribution in [-0.4, -0.2) is 40.6 Å². The van der Waals surface area contributed by atoms with Gasteiger partial charge in [0.15, 0.2) is 6.29 Å². The molecule has 0 aliphatic carbocycles. The summed E-state index contributed by atoms with van der Waals surface area (Å²) in [7, 11) is 0. The number of aliphatic hydroxyl groups is 1. The largest absolute Gasteiger partial charge is 0.472 e. The quantitative estimate of drug-likeness (QED) is 0.651. The number of aldehydes is 1. The number of ether oxygens (including phenoxy) is 1. The molecule has 3 heterocycles. The van der Waals surface area contributed by atoms with Crippen LogP contribution in [0.15, 0.2) is 54.7 Å². The molecule has 148 valence electrons. The van der Waals surface area contributed by atoms with Gasteiger partial charge in [0, 0.05) is 36.4 Å². The van der Waals surface area contributed by atoms with Crippen LogP contribution in [0.3, 0.4) is 0 Å². The van der Waals surface area contributed by atoms with Crippen molar-refractivity contribution in [3.63, 3.8) is 0 Å². The molecule has 0 bridgehead atoms. The van der Waals surface area contributed by atoms with Crippen LogP contribution in [0.25, 0.3) is 11.3 Å². The van der Waals surface area contributed by atoms with Crippen LogP contribution in [-0.2, 0) is 6.61 Å². The van der Waals surface area contributed by atoms with E-state index in [2.05, 4.69) is 14.9 Å². The van der Waals surface area contributed by atoms with Crippen LogP contribution in [0.4, 0.5) is 5.69 Å². The standard InChI is InChI=1S/C23H23N3O3/c1-16-6-9-23(24-12-16)29-18-10-11-26(13-18)22-8-7-20(25-21(22)15-28)19-5-3-2-4-17(19)14-27/h2-9,12,14,18,28H,10-11,13,15H2,1H3. The van der Waals surface area contributed by atoms with Crippen molar-refractivity contribution in [3.8, 4) is 17.1 Å². The summed E-state index contributed by atoms with van der Waals surface area (Å²) in [6.45, 7) is 3.34. The Morgan fingerprint density at radius 3 is 2.83 bits per heavy atom. The maximum atomic E-state index is 11.3. The molecule has 0 amide bonds. The molecular formula is C23H23N3O3. The van der Waals surface area contributed by atoms with Crippen LogP contribution in [0, 0.1) is 6.92 Å². The van der Waals surface area contributed by atoms with Crippen molar-refractivity contribution in [2.45, 2.75) is 26.1 Å². The second-order valence-electron chi connectivity index (χ2n) is 7.17.